The minimum absolute atomic E-state index is 0.157. The molecule has 0 aliphatic carbocycles. The number of fused-ring (bicyclic) bond motifs is 2. The molecule has 168 valence electrons. The summed E-state index contributed by atoms with van der Waals surface area (Å²) in [4.78, 5) is 33.1. The summed E-state index contributed by atoms with van der Waals surface area (Å²) in [6.45, 7) is 3.45. The number of nitrogens with zero attached hydrogens (tertiary/aromatic N) is 2. The number of para-hydroxylation sites is 1. The molecule has 4 aromatic rings. The molecule has 0 spiro atoms. The van der Waals surface area contributed by atoms with E-state index in [1.807, 2.05) is 43.3 Å². The van der Waals surface area contributed by atoms with Crippen LogP contribution >= 0.6 is 22.7 Å². The molecule has 2 aromatic carbocycles. The first-order chi connectivity index (χ1) is 16.1. The molecule has 0 saturated heterocycles. The molecule has 0 saturated carbocycles. The first-order valence-electron chi connectivity index (χ1n) is 10.9. The van der Waals surface area contributed by atoms with Crippen molar-refractivity contribution in [2.24, 2.45) is 0 Å². The summed E-state index contributed by atoms with van der Waals surface area (Å²) in [6.07, 6.45) is 1.20. The number of nitrogens with one attached hydrogen (secondary N) is 1. The highest BCUT2D eigenvalue weighted by atomic mass is 32.1. The van der Waals surface area contributed by atoms with Crippen LogP contribution in [-0.4, -0.2) is 35.0 Å². The number of ether oxygens (including phenoxy) is 1. The van der Waals surface area contributed by atoms with E-state index in [0.717, 1.165) is 42.7 Å². The largest absolute Gasteiger partial charge is 0.449 e. The van der Waals surface area contributed by atoms with Crippen LogP contribution in [0, 0.1) is 0 Å². The zero-order valence-corrected chi connectivity index (χ0v) is 19.8. The van der Waals surface area contributed by atoms with Crippen molar-refractivity contribution in [1.82, 2.24) is 9.88 Å². The Bertz CT molecular complexity index is 1280. The van der Waals surface area contributed by atoms with E-state index in [1.165, 1.54) is 11.3 Å². The lowest BCUT2D eigenvalue weighted by Crippen LogP contribution is -2.36. The van der Waals surface area contributed by atoms with Crippen molar-refractivity contribution in [2.45, 2.75) is 26.3 Å². The number of rotatable bonds is 5. The third-order valence-electron chi connectivity index (χ3n) is 5.52. The summed E-state index contributed by atoms with van der Waals surface area (Å²) < 4.78 is 6.45. The number of amides is 2. The molecule has 1 aliphatic rings. The number of thiazole rings is 1. The van der Waals surface area contributed by atoms with Crippen LogP contribution in [0.15, 0.2) is 54.6 Å². The highest BCUT2D eigenvalue weighted by molar-refractivity contribution is 7.23. The second-order valence-electron chi connectivity index (χ2n) is 7.80. The van der Waals surface area contributed by atoms with E-state index in [9.17, 15) is 9.59 Å². The van der Waals surface area contributed by atoms with E-state index in [0.29, 0.717) is 31.7 Å². The maximum atomic E-state index is 13.0. The number of anilines is 1. The lowest BCUT2D eigenvalue weighted by atomic mass is 10.0. The monoisotopic (exact) mass is 477 g/mol. The van der Waals surface area contributed by atoms with Crippen LogP contribution < -0.4 is 5.32 Å². The van der Waals surface area contributed by atoms with Gasteiger partial charge >= 0.3 is 6.09 Å². The minimum atomic E-state index is -0.285. The molecule has 8 heteroatoms. The van der Waals surface area contributed by atoms with Crippen molar-refractivity contribution in [2.75, 3.05) is 18.5 Å². The average Bonchev–Trinajstić information content (AvgIpc) is 3.43. The maximum Gasteiger partial charge on any atom is 0.410 e. The van der Waals surface area contributed by atoms with Gasteiger partial charge in [-0.05, 0) is 42.7 Å². The van der Waals surface area contributed by atoms with Gasteiger partial charge in [-0.15, -0.1) is 22.7 Å². The van der Waals surface area contributed by atoms with Crippen LogP contribution in [0.5, 0.6) is 0 Å². The molecule has 1 N–H and O–H groups in total. The zero-order chi connectivity index (χ0) is 22.8. The van der Waals surface area contributed by atoms with Crippen molar-refractivity contribution < 1.29 is 14.3 Å². The number of carbonyl (C=O) groups excluding carboxylic acids is 2. The van der Waals surface area contributed by atoms with Gasteiger partial charge in [-0.25, -0.2) is 9.78 Å². The first kappa shape index (κ1) is 21.6. The van der Waals surface area contributed by atoms with Crippen LogP contribution in [-0.2, 0) is 17.7 Å². The van der Waals surface area contributed by atoms with Gasteiger partial charge in [0.2, 0.25) is 0 Å². The van der Waals surface area contributed by atoms with Gasteiger partial charge in [0.25, 0.3) is 5.91 Å². The molecule has 2 amide bonds. The van der Waals surface area contributed by atoms with E-state index in [4.69, 9.17) is 9.72 Å². The molecule has 0 atom stereocenters. The maximum absolute atomic E-state index is 13.0. The van der Waals surface area contributed by atoms with Gasteiger partial charge in [-0.2, -0.15) is 0 Å². The summed E-state index contributed by atoms with van der Waals surface area (Å²) in [5.74, 6) is -0.157. The van der Waals surface area contributed by atoms with Crippen LogP contribution in [0.3, 0.4) is 0 Å². The molecule has 0 bridgehead atoms. The fourth-order valence-corrected chi connectivity index (χ4v) is 6.27. The number of aromatic nitrogens is 1. The number of hydrogen-bond donors (Lipinski definition) is 1. The topological polar surface area (TPSA) is 71.5 Å². The Morgan fingerprint density at radius 1 is 1.09 bits per heavy atom. The molecule has 2 aromatic heterocycles. The van der Waals surface area contributed by atoms with E-state index in [2.05, 4.69) is 11.4 Å². The van der Waals surface area contributed by atoms with Crippen molar-refractivity contribution in [3.05, 3.63) is 70.6 Å². The van der Waals surface area contributed by atoms with Crippen LogP contribution in [0.1, 0.15) is 34.1 Å². The summed E-state index contributed by atoms with van der Waals surface area (Å²) in [5.41, 5.74) is 3.67. The Hall–Kier alpha value is -3.23. The predicted octanol–water partition coefficient (Wildman–Crippen LogP) is 6.18. The molecular weight excluding hydrogens is 454 g/mol. The van der Waals surface area contributed by atoms with Gasteiger partial charge in [0.15, 0.2) is 0 Å². The third-order valence-corrected chi connectivity index (χ3v) is 7.70. The third kappa shape index (κ3) is 4.36. The van der Waals surface area contributed by atoms with Crippen LogP contribution in [0.2, 0.25) is 0 Å². The molecule has 3 heterocycles. The second kappa shape index (κ2) is 9.33. The number of benzene rings is 2. The Balaban J connectivity index is 1.53. The van der Waals surface area contributed by atoms with Gasteiger partial charge in [0.1, 0.15) is 10.0 Å². The molecule has 0 fully saturated rings. The van der Waals surface area contributed by atoms with Gasteiger partial charge < -0.3 is 15.0 Å². The zero-order valence-electron chi connectivity index (χ0n) is 18.2. The summed E-state index contributed by atoms with van der Waals surface area (Å²) in [7, 11) is 0. The molecule has 1 aliphatic heterocycles. The van der Waals surface area contributed by atoms with Gasteiger partial charge in [0, 0.05) is 22.5 Å². The van der Waals surface area contributed by atoms with Crippen molar-refractivity contribution in [3.8, 4) is 10.6 Å². The lowest BCUT2D eigenvalue weighted by Gasteiger charge is -2.26. The molecule has 0 unspecified atom stereocenters. The quantitative estimate of drug-likeness (QED) is 0.372. The Kier molecular flexibility index (Phi) is 6.11. The van der Waals surface area contributed by atoms with E-state index in [-0.39, 0.29) is 12.0 Å². The number of hydrogen-bond acceptors (Lipinski definition) is 6. The smallest absolute Gasteiger partial charge is 0.410 e. The van der Waals surface area contributed by atoms with Crippen molar-refractivity contribution in [1.29, 1.82) is 0 Å². The van der Waals surface area contributed by atoms with E-state index < -0.39 is 0 Å². The lowest BCUT2D eigenvalue weighted by molar-refractivity contribution is 0.0983. The van der Waals surface area contributed by atoms with E-state index in [1.54, 1.807) is 28.4 Å². The highest BCUT2D eigenvalue weighted by Gasteiger charge is 2.30. The molecule has 33 heavy (non-hydrogen) atoms. The fraction of sp³-hybridized carbons (Fsp3) is 0.240. The Morgan fingerprint density at radius 3 is 2.67 bits per heavy atom. The number of thiophene rings is 1. The molecular formula is C25H23N3O3S2. The van der Waals surface area contributed by atoms with Gasteiger partial charge in [-0.1, -0.05) is 37.3 Å². The van der Waals surface area contributed by atoms with Gasteiger partial charge in [0.05, 0.1) is 23.4 Å². The SMILES string of the molecule is CCCOC(=O)N1CCc2c(sc(NC(=O)c3ccccc3)c2-c2nc3ccccc3s2)C1. The van der Waals surface area contributed by atoms with Crippen LogP contribution in [0.25, 0.3) is 20.8 Å². The van der Waals surface area contributed by atoms with Gasteiger partial charge in [-0.3, -0.25) is 4.79 Å². The van der Waals surface area contributed by atoms with Crippen molar-refractivity contribution in [3.63, 3.8) is 0 Å². The van der Waals surface area contributed by atoms with Crippen molar-refractivity contribution >= 4 is 49.9 Å². The average molecular weight is 478 g/mol. The normalized spacial score (nSPS) is 13.1. The number of carbonyl (C=O) groups is 2. The first-order valence-corrected chi connectivity index (χ1v) is 12.6. The fourth-order valence-electron chi connectivity index (χ4n) is 3.90. The predicted molar refractivity (Wildman–Crippen MR) is 133 cm³/mol. The molecule has 5 rings (SSSR count). The highest BCUT2D eigenvalue weighted by Crippen LogP contribution is 2.45. The minimum Gasteiger partial charge on any atom is -0.449 e. The summed E-state index contributed by atoms with van der Waals surface area (Å²) in [6, 6.07) is 17.2. The summed E-state index contributed by atoms with van der Waals surface area (Å²) >= 11 is 3.14. The Labute approximate surface area is 199 Å². The van der Waals surface area contributed by atoms with E-state index >= 15 is 0 Å². The van der Waals surface area contributed by atoms with Crippen LogP contribution in [0.4, 0.5) is 9.80 Å². The standard InChI is InChI=1S/C25H23N3O3S2/c1-2-14-31-25(30)28-13-12-17-20(15-28)33-24(27-22(29)16-8-4-3-5-9-16)21(17)23-26-18-10-6-7-11-19(18)32-23/h3-11H,2,12-15H2,1H3,(H,27,29). The molecule has 6 nitrogen and oxygen atoms in total. The second-order valence-corrected chi connectivity index (χ2v) is 9.94. The summed E-state index contributed by atoms with van der Waals surface area (Å²) in [5, 5.41) is 4.78. The Morgan fingerprint density at radius 2 is 1.88 bits per heavy atom. The molecule has 0 radical (unpaired) electrons.